The summed E-state index contributed by atoms with van der Waals surface area (Å²) in [5, 5.41) is 2.61. The maximum atomic E-state index is 4.51. The van der Waals surface area contributed by atoms with Crippen LogP contribution in [0.1, 0.15) is 5.56 Å². The summed E-state index contributed by atoms with van der Waals surface area (Å²) in [5.41, 5.74) is 7.48. The number of fused-ring (bicyclic) bond motifs is 3. The van der Waals surface area contributed by atoms with Gasteiger partial charge in [-0.3, -0.25) is 0 Å². The molecule has 0 aliphatic rings. The van der Waals surface area contributed by atoms with Gasteiger partial charge in [-0.05, 0) is 52.7 Å². The Kier molecular flexibility index (Phi) is 11.2. The summed E-state index contributed by atoms with van der Waals surface area (Å²) in [6.07, 6.45) is 5.58. The van der Waals surface area contributed by atoms with Gasteiger partial charge in [-0.25, -0.2) is 0 Å². The Morgan fingerprint density at radius 2 is 1.35 bits per heavy atom. The summed E-state index contributed by atoms with van der Waals surface area (Å²) in [5.74, 6) is 0. The third kappa shape index (κ3) is 7.82. The van der Waals surface area contributed by atoms with E-state index in [2.05, 4.69) is 78.5 Å². The van der Waals surface area contributed by atoms with Gasteiger partial charge in [0, 0.05) is 44.2 Å². The molecule has 0 spiro atoms. The van der Waals surface area contributed by atoms with Gasteiger partial charge in [0.25, 0.3) is 0 Å². The van der Waals surface area contributed by atoms with E-state index < -0.39 is 0 Å². The van der Waals surface area contributed by atoms with Crippen molar-refractivity contribution in [3.63, 3.8) is 0 Å². The monoisotopic (exact) mass is 789 g/mol. The fourth-order valence-corrected chi connectivity index (χ4v) is 6.11. The van der Waals surface area contributed by atoms with Crippen molar-refractivity contribution in [2.45, 2.75) is 6.92 Å². The molecule has 8 rings (SSSR count). The smallest absolute Gasteiger partial charge is 0.115 e. The molecule has 0 saturated carbocycles. The minimum atomic E-state index is 0. The minimum Gasteiger partial charge on any atom is -0.321 e. The first kappa shape index (κ1) is 32.5. The Balaban J connectivity index is 0.000000141. The summed E-state index contributed by atoms with van der Waals surface area (Å²) in [7, 11) is 3.89. The molecule has 0 aliphatic carbocycles. The normalized spacial score (nSPS) is 10.2. The van der Waals surface area contributed by atoms with Crippen molar-refractivity contribution >= 4 is 31.5 Å². The summed E-state index contributed by atoms with van der Waals surface area (Å²) in [6, 6.07) is 54.0. The Bertz CT molecular complexity index is 2090. The molecule has 5 heteroatoms. The van der Waals surface area contributed by atoms with E-state index in [1.165, 1.54) is 25.7 Å². The maximum Gasteiger partial charge on any atom is 0.115 e. The Labute approximate surface area is 288 Å². The zero-order valence-corrected chi connectivity index (χ0v) is 28.4. The molecule has 0 bridgehead atoms. The van der Waals surface area contributed by atoms with Crippen molar-refractivity contribution in [1.82, 2.24) is 9.97 Å². The molecule has 0 aliphatic heterocycles. The van der Waals surface area contributed by atoms with E-state index in [0.717, 1.165) is 33.8 Å². The number of rotatable bonds is 3. The van der Waals surface area contributed by atoms with E-state index in [1.54, 1.807) is 6.20 Å². The van der Waals surface area contributed by atoms with Crippen LogP contribution < -0.4 is 4.57 Å². The number of aryl methyl sites for hydroxylation is 1. The largest absolute Gasteiger partial charge is 0.321 e. The van der Waals surface area contributed by atoms with Crippen molar-refractivity contribution in [3.8, 4) is 33.8 Å². The number of aromatic nitrogens is 3. The van der Waals surface area contributed by atoms with Gasteiger partial charge in [0.1, 0.15) is 5.69 Å². The molecule has 0 saturated heterocycles. The molecule has 0 N–H and O–H groups in total. The predicted octanol–water partition coefficient (Wildman–Crippen LogP) is 9.85. The Hall–Kier alpha value is -4.93. The van der Waals surface area contributed by atoms with Crippen LogP contribution in [0, 0.1) is 32.2 Å². The zero-order valence-electron chi connectivity index (χ0n) is 25.2. The molecule has 0 amide bonds. The van der Waals surface area contributed by atoms with Crippen molar-refractivity contribution in [1.29, 1.82) is 0 Å². The molecule has 1 radical (unpaired) electrons. The second-order valence-electron chi connectivity index (χ2n) is 10.2. The fraction of sp³-hybridized carbons (Fsp3) is 0.0244. The van der Waals surface area contributed by atoms with Gasteiger partial charge in [0.2, 0.25) is 0 Å². The van der Waals surface area contributed by atoms with E-state index in [1.807, 2.05) is 125 Å². The van der Waals surface area contributed by atoms with E-state index in [9.17, 15) is 0 Å². The second-order valence-corrected chi connectivity index (χ2v) is 11.3. The quantitative estimate of drug-likeness (QED) is 0.132. The molecule has 0 atom stereocenters. The number of hydrogen-bond acceptors (Lipinski definition) is 3. The molecule has 46 heavy (non-hydrogen) atoms. The Morgan fingerprint density at radius 3 is 2.07 bits per heavy atom. The first-order valence-electron chi connectivity index (χ1n) is 14.6. The molecule has 4 aromatic carbocycles. The minimum absolute atomic E-state index is 0. The van der Waals surface area contributed by atoms with E-state index in [0.29, 0.717) is 0 Å². The van der Waals surface area contributed by atoms with Gasteiger partial charge < -0.3 is 14.5 Å². The van der Waals surface area contributed by atoms with Crippen LogP contribution in [0.3, 0.4) is 0 Å². The van der Waals surface area contributed by atoms with Crippen LogP contribution in [0.25, 0.3) is 53.9 Å². The topological polar surface area (TPSA) is 29.7 Å². The molecule has 3 nitrogen and oxygen atoms in total. The van der Waals surface area contributed by atoms with Gasteiger partial charge >= 0.3 is 0 Å². The van der Waals surface area contributed by atoms with Crippen LogP contribution in [0.4, 0.5) is 0 Å². The predicted molar refractivity (Wildman–Crippen MR) is 186 cm³/mol. The summed E-state index contributed by atoms with van der Waals surface area (Å²) >= 11 is 1.82. The third-order valence-electron chi connectivity index (χ3n) is 7.09. The van der Waals surface area contributed by atoms with Crippen molar-refractivity contribution in [2.24, 2.45) is 0 Å². The first-order chi connectivity index (χ1) is 22.2. The van der Waals surface area contributed by atoms with Gasteiger partial charge in [0.05, 0.1) is 6.20 Å². The van der Waals surface area contributed by atoms with Crippen LogP contribution >= 0.6 is 11.3 Å². The van der Waals surface area contributed by atoms with Crippen LogP contribution in [0.15, 0.2) is 152 Å². The van der Waals surface area contributed by atoms with E-state index in [4.69, 9.17) is 0 Å². The average Bonchev–Trinajstić information content (AvgIpc) is 3.49. The average molecular weight is 789 g/mol. The standard InChI is InChI=1S/C18H12NS.C12H10N.C11H8N.Ir/c1-12-9-10-19-16(11-12)15-7-4-6-14-13-5-2-3-8-17(13)20-18(14)15;1-13-10-6-5-9-12(13)11-7-3-2-4-8-11;1-2-6-10(7-3-1)11-8-4-5-9-12-11;/h2-6,8-11H,1H3;2-7,9-10H,1H2;1-6,8-9H;/q3*-1;. The SMILES string of the molecule is Cc1ccnc(-c2[c-]ccc3c2sc2ccccc23)c1.[CH2-][n+]1ccccc1-c1[c-]cccc1.[Ir].[c-]1ccccc1-c1ccccn1. The fourth-order valence-electron chi connectivity index (χ4n) is 4.90. The summed E-state index contributed by atoms with van der Waals surface area (Å²) in [4.78, 5) is 8.72. The summed E-state index contributed by atoms with van der Waals surface area (Å²) < 4.78 is 4.43. The van der Waals surface area contributed by atoms with Crippen molar-refractivity contribution in [3.05, 3.63) is 183 Å². The van der Waals surface area contributed by atoms with Crippen LogP contribution in [0.5, 0.6) is 0 Å². The van der Waals surface area contributed by atoms with Gasteiger partial charge in [-0.2, -0.15) is 11.3 Å². The van der Waals surface area contributed by atoms with Gasteiger partial charge in [0.15, 0.2) is 0 Å². The van der Waals surface area contributed by atoms with Gasteiger partial charge in [-0.1, -0.05) is 65.0 Å². The summed E-state index contributed by atoms with van der Waals surface area (Å²) in [6.45, 7) is 2.09. The molecule has 8 aromatic rings. The molecule has 0 unspecified atom stereocenters. The van der Waals surface area contributed by atoms with E-state index >= 15 is 0 Å². The molecule has 0 fully saturated rings. The van der Waals surface area contributed by atoms with Crippen LogP contribution in [-0.2, 0) is 20.1 Å². The molecule has 4 heterocycles. The van der Waals surface area contributed by atoms with Crippen LogP contribution in [-0.4, -0.2) is 9.97 Å². The number of pyridine rings is 3. The number of hydrogen-bond donors (Lipinski definition) is 0. The number of benzene rings is 4. The first-order valence-corrected chi connectivity index (χ1v) is 15.4. The Morgan fingerprint density at radius 1 is 0.630 bits per heavy atom. The molecular formula is C41H30IrN3S-3. The number of thiophene rings is 1. The molecule has 4 aromatic heterocycles. The van der Waals surface area contributed by atoms with Crippen molar-refractivity contribution in [2.75, 3.05) is 0 Å². The molecule has 227 valence electrons. The molecular weight excluding hydrogens is 759 g/mol. The number of nitrogens with zero attached hydrogens (tertiary/aromatic N) is 3. The zero-order chi connectivity index (χ0) is 30.8. The van der Waals surface area contributed by atoms with E-state index in [-0.39, 0.29) is 20.1 Å². The third-order valence-corrected chi connectivity index (χ3v) is 8.29. The van der Waals surface area contributed by atoms with Crippen LogP contribution in [0.2, 0.25) is 0 Å². The van der Waals surface area contributed by atoms with Crippen molar-refractivity contribution < 1.29 is 24.7 Å². The second kappa shape index (κ2) is 15.9. The maximum absolute atomic E-state index is 4.51. The van der Waals surface area contributed by atoms with Gasteiger partial charge in [-0.15, -0.1) is 90.0 Å².